The van der Waals surface area contributed by atoms with E-state index in [9.17, 15) is 0 Å². The maximum Gasteiger partial charge on any atom is 0.197 e. The van der Waals surface area contributed by atoms with E-state index < -0.39 is 17.4 Å². The summed E-state index contributed by atoms with van der Waals surface area (Å²) in [5.74, 6) is 0. The van der Waals surface area contributed by atoms with Gasteiger partial charge in [-0.3, -0.25) is 0 Å². The quantitative estimate of drug-likeness (QED) is 0.616. The molecule has 0 heterocycles. The summed E-state index contributed by atoms with van der Waals surface area (Å²) in [4.78, 5) is 0. The van der Waals surface area contributed by atoms with E-state index in [2.05, 4.69) is 32.8 Å². The van der Waals surface area contributed by atoms with Gasteiger partial charge in [-0.15, -0.1) is 6.58 Å². The Morgan fingerprint density at radius 3 is 1.67 bits per heavy atom. The highest BCUT2D eigenvalue weighted by Gasteiger charge is 2.12. The van der Waals surface area contributed by atoms with Crippen molar-refractivity contribution in [3.63, 3.8) is 0 Å². The smallest absolute Gasteiger partial charge is 0.197 e. The first-order valence-corrected chi connectivity index (χ1v) is 11.5. The van der Waals surface area contributed by atoms with Crippen molar-refractivity contribution in [3.8, 4) is 0 Å². The zero-order chi connectivity index (χ0) is 10.2. The van der Waals surface area contributed by atoms with Crippen LogP contribution in [0.15, 0.2) is 12.3 Å². The second-order valence-corrected chi connectivity index (χ2v) is 12.5. The van der Waals surface area contributed by atoms with Gasteiger partial charge in [0.1, 0.15) is 21.0 Å². The summed E-state index contributed by atoms with van der Waals surface area (Å²) in [6.07, 6.45) is 0. The summed E-state index contributed by atoms with van der Waals surface area (Å²) in [5, 5.41) is 0. The molecule has 0 atom stereocenters. The van der Waals surface area contributed by atoms with Crippen LogP contribution in [0.25, 0.3) is 0 Å². The van der Waals surface area contributed by atoms with Crippen LogP contribution >= 0.6 is 0 Å². The van der Waals surface area contributed by atoms with E-state index in [1.54, 1.807) is 0 Å². The van der Waals surface area contributed by atoms with E-state index in [4.69, 9.17) is 8.23 Å². The minimum atomic E-state index is -1.33. The summed E-state index contributed by atoms with van der Waals surface area (Å²) >= 11 is 0. The lowest BCUT2D eigenvalue weighted by Crippen LogP contribution is -2.25. The summed E-state index contributed by atoms with van der Waals surface area (Å²) < 4.78 is 10.3. The lowest BCUT2D eigenvalue weighted by atomic mass is 11.3. The van der Waals surface area contributed by atoms with Crippen molar-refractivity contribution in [2.75, 3.05) is 0 Å². The van der Waals surface area contributed by atoms with E-state index in [1.165, 1.54) is 0 Å². The third-order valence-electron chi connectivity index (χ3n) is 1.49. The van der Waals surface area contributed by atoms with Gasteiger partial charge in [-0.25, -0.2) is 0 Å². The van der Waals surface area contributed by atoms with Crippen LogP contribution in [0.1, 0.15) is 0 Å². The molecule has 0 amide bonds. The Balaban J connectivity index is 0. The van der Waals surface area contributed by atoms with E-state index >= 15 is 0 Å². The van der Waals surface area contributed by atoms with Gasteiger partial charge in [0.05, 0.1) is 0 Å². The number of rotatable bonds is 3. The molecule has 6 heteroatoms. The molecule has 0 bridgehead atoms. The van der Waals surface area contributed by atoms with Gasteiger partial charge in [0, 0.05) is 0 Å². The molecule has 0 rings (SSSR count). The Kier molecular flexibility index (Phi) is 10.2. The minimum absolute atomic E-state index is 0.588. The first kappa shape index (κ1) is 15.0. The van der Waals surface area contributed by atoms with E-state index in [1.807, 2.05) is 5.70 Å². The molecule has 0 aliphatic rings. The van der Waals surface area contributed by atoms with Gasteiger partial charge in [-0.05, 0) is 26.2 Å². The van der Waals surface area contributed by atoms with Crippen molar-refractivity contribution in [3.05, 3.63) is 12.3 Å². The Labute approximate surface area is 85.3 Å². The topological polar surface area (TPSA) is 18.5 Å². The summed E-state index contributed by atoms with van der Waals surface area (Å²) in [6.45, 7) is 12.3. The highest BCUT2D eigenvalue weighted by molar-refractivity contribution is 6.78. The third-order valence-corrected chi connectivity index (χ3v) is 10.5. The maximum atomic E-state index is 5.25. The normalized spacial score (nSPS) is 11.1. The standard InChI is InChI=1S/C4H12OSi2.C2H10OSi2/c1-4-7(2,3)5-6;1-5(2)3-4/h4H,1H2,2-3,6H3;5H,1-2,4H3. The first-order valence-electron chi connectivity index (χ1n) is 4.11. The zero-order valence-electron chi connectivity index (χ0n) is 9.18. The van der Waals surface area contributed by atoms with Gasteiger partial charge < -0.3 is 8.23 Å². The summed E-state index contributed by atoms with van der Waals surface area (Å²) in [5.41, 5.74) is 1.94. The number of hydrogen-bond acceptors (Lipinski definition) is 2. The average molecular weight is 239 g/mol. The van der Waals surface area contributed by atoms with E-state index in [-0.39, 0.29) is 0 Å². The van der Waals surface area contributed by atoms with Gasteiger partial charge >= 0.3 is 0 Å². The molecule has 0 saturated heterocycles. The Bertz CT molecular complexity index is 116. The molecule has 0 N–H and O–H groups in total. The second-order valence-electron chi connectivity index (χ2n) is 3.30. The highest BCUT2D eigenvalue weighted by Crippen LogP contribution is 2.00. The predicted octanol–water partition coefficient (Wildman–Crippen LogP) is -0.520. The van der Waals surface area contributed by atoms with Crippen LogP contribution in [0.3, 0.4) is 0 Å². The van der Waals surface area contributed by atoms with Crippen molar-refractivity contribution >= 4 is 38.3 Å². The Morgan fingerprint density at radius 2 is 1.67 bits per heavy atom. The molecule has 0 aliphatic carbocycles. The highest BCUT2D eigenvalue weighted by atomic mass is 28.4. The third kappa shape index (κ3) is 13.1. The number of hydrogen-bond donors (Lipinski definition) is 0. The largest absolute Gasteiger partial charge is 0.466 e. The Hall–Kier alpha value is 0.528. The predicted molar refractivity (Wildman–Crippen MR) is 68.6 cm³/mol. The SMILES string of the molecule is C=C[Si](C)(C)O[SiH3].C[SiH](C)O[SiH3]. The van der Waals surface area contributed by atoms with Gasteiger partial charge in [-0.2, -0.15) is 0 Å². The molecule has 0 aromatic carbocycles. The van der Waals surface area contributed by atoms with Crippen LogP contribution in [0.2, 0.25) is 26.2 Å². The molecule has 0 fully saturated rings. The van der Waals surface area contributed by atoms with Crippen molar-refractivity contribution in [1.29, 1.82) is 0 Å². The molecule has 12 heavy (non-hydrogen) atoms. The van der Waals surface area contributed by atoms with Crippen LogP contribution in [0, 0.1) is 0 Å². The fourth-order valence-electron chi connectivity index (χ4n) is 0.0833. The van der Waals surface area contributed by atoms with Crippen molar-refractivity contribution in [2.24, 2.45) is 0 Å². The fourth-order valence-corrected chi connectivity index (χ4v) is 0.750. The van der Waals surface area contributed by atoms with E-state index in [0.717, 1.165) is 21.0 Å². The van der Waals surface area contributed by atoms with Gasteiger partial charge in [0.2, 0.25) is 0 Å². The molecule has 0 aromatic rings. The van der Waals surface area contributed by atoms with Crippen molar-refractivity contribution in [2.45, 2.75) is 26.2 Å². The van der Waals surface area contributed by atoms with Gasteiger partial charge in [0.25, 0.3) is 0 Å². The van der Waals surface area contributed by atoms with E-state index in [0.29, 0.717) is 0 Å². The molecular weight excluding hydrogens is 216 g/mol. The Morgan fingerprint density at radius 1 is 1.33 bits per heavy atom. The molecule has 0 unspecified atom stereocenters. The molecule has 0 aliphatic heterocycles. The van der Waals surface area contributed by atoms with Crippen LogP contribution in [-0.4, -0.2) is 38.3 Å². The molecule has 0 radical (unpaired) electrons. The minimum Gasteiger partial charge on any atom is -0.466 e. The lowest BCUT2D eigenvalue weighted by Gasteiger charge is -2.13. The summed E-state index contributed by atoms with van der Waals surface area (Å²) in [7, 11) is -0.131. The van der Waals surface area contributed by atoms with Gasteiger partial charge in [-0.1, -0.05) is 5.70 Å². The molecule has 74 valence electrons. The molecule has 0 saturated carbocycles. The van der Waals surface area contributed by atoms with Crippen LogP contribution in [-0.2, 0) is 8.23 Å². The van der Waals surface area contributed by atoms with Crippen molar-refractivity contribution < 1.29 is 8.23 Å². The second kappa shape index (κ2) is 8.14. The maximum absolute atomic E-state index is 5.25. The zero-order valence-corrected chi connectivity index (χ0v) is 15.3. The average Bonchev–Trinajstić information content (AvgIpc) is 2.05. The lowest BCUT2D eigenvalue weighted by molar-refractivity contribution is 0.627. The molecule has 0 spiro atoms. The van der Waals surface area contributed by atoms with Crippen LogP contribution in [0.5, 0.6) is 0 Å². The van der Waals surface area contributed by atoms with Gasteiger partial charge in [0.15, 0.2) is 17.4 Å². The van der Waals surface area contributed by atoms with Crippen LogP contribution in [0.4, 0.5) is 0 Å². The summed E-state index contributed by atoms with van der Waals surface area (Å²) in [6, 6.07) is 0. The monoisotopic (exact) mass is 238 g/mol. The molecular formula is C6H22O2Si4. The van der Waals surface area contributed by atoms with Crippen molar-refractivity contribution in [1.82, 2.24) is 0 Å². The first-order chi connectivity index (χ1) is 5.39. The fraction of sp³-hybridized carbons (Fsp3) is 0.667. The van der Waals surface area contributed by atoms with Crippen LogP contribution < -0.4 is 0 Å². The molecule has 2 nitrogen and oxygen atoms in total. The molecule has 0 aromatic heterocycles.